The SMILES string of the molecule is C=C(NCC)C(C)C. The van der Waals surface area contributed by atoms with Gasteiger partial charge in [-0.15, -0.1) is 0 Å². The minimum absolute atomic E-state index is 0.565. The average molecular weight is 113 g/mol. The summed E-state index contributed by atoms with van der Waals surface area (Å²) in [6, 6.07) is 0. The molecule has 0 fully saturated rings. The van der Waals surface area contributed by atoms with E-state index in [2.05, 4.69) is 32.7 Å². The zero-order chi connectivity index (χ0) is 6.57. The molecular weight excluding hydrogens is 98.1 g/mol. The molecule has 0 aliphatic carbocycles. The predicted molar refractivity (Wildman–Crippen MR) is 37.7 cm³/mol. The topological polar surface area (TPSA) is 12.0 Å². The maximum absolute atomic E-state index is 3.83. The van der Waals surface area contributed by atoms with Crippen LogP contribution in [0.4, 0.5) is 0 Å². The smallest absolute Gasteiger partial charge is 0.0115 e. The van der Waals surface area contributed by atoms with Gasteiger partial charge >= 0.3 is 0 Å². The Labute approximate surface area is 51.8 Å². The molecule has 0 aromatic heterocycles. The first kappa shape index (κ1) is 7.54. The van der Waals surface area contributed by atoms with Crippen LogP contribution in [-0.2, 0) is 0 Å². The molecule has 0 saturated heterocycles. The molecule has 0 atom stereocenters. The van der Waals surface area contributed by atoms with Crippen molar-refractivity contribution < 1.29 is 0 Å². The second-order valence-electron chi connectivity index (χ2n) is 2.21. The largest absolute Gasteiger partial charge is 0.389 e. The first-order valence-corrected chi connectivity index (χ1v) is 3.11. The van der Waals surface area contributed by atoms with E-state index in [9.17, 15) is 0 Å². The van der Waals surface area contributed by atoms with Crippen LogP contribution in [0, 0.1) is 5.92 Å². The number of nitrogens with one attached hydrogen (secondary N) is 1. The van der Waals surface area contributed by atoms with Crippen molar-refractivity contribution in [3.8, 4) is 0 Å². The fraction of sp³-hybridized carbons (Fsp3) is 0.714. The van der Waals surface area contributed by atoms with E-state index in [0.29, 0.717) is 5.92 Å². The average Bonchev–Trinajstić information content (AvgIpc) is 1.67. The Balaban J connectivity index is 3.33. The Bertz CT molecular complexity index is 74.5. The molecule has 0 unspecified atom stereocenters. The van der Waals surface area contributed by atoms with E-state index >= 15 is 0 Å². The maximum Gasteiger partial charge on any atom is 0.0115 e. The molecule has 1 heteroatoms. The molecule has 0 aliphatic heterocycles. The van der Waals surface area contributed by atoms with E-state index in [1.54, 1.807) is 0 Å². The van der Waals surface area contributed by atoms with Crippen LogP contribution in [0.5, 0.6) is 0 Å². The molecule has 0 bridgehead atoms. The van der Waals surface area contributed by atoms with Gasteiger partial charge in [0.15, 0.2) is 0 Å². The van der Waals surface area contributed by atoms with Crippen LogP contribution in [0.15, 0.2) is 12.3 Å². The van der Waals surface area contributed by atoms with Gasteiger partial charge in [0.05, 0.1) is 0 Å². The molecular formula is C7H15N. The normalized spacial score (nSPS) is 9.50. The number of rotatable bonds is 3. The third-order valence-electron chi connectivity index (χ3n) is 1.10. The third-order valence-corrected chi connectivity index (χ3v) is 1.10. The lowest BCUT2D eigenvalue weighted by Gasteiger charge is -2.09. The highest BCUT2D eigenvalue weighted by Gasteiger charge is 1.94. The van der Waals surface area contributed by atoms with Crippen molar-refractivity contribution in [2.75, 3.05) is 6.54 Å². The third kappa shape index (κ3) is 2.67. The van der Waals surface area contributed by atoms with Crippen LogP contribution in [0.25, 0.3) is 0 Å². The van der Waals surface area contributed by atoms with Crippen LogP contribution in [0.1, 0.15) is 20.8 Å². The highest BCUT2D eigenvalue weighted by Crippen LogP contribution is 2.00. The summed E-state index contributed by atoms with van der Waals surface area (Å²) in [6.45, 7) is 11.2. The molecule has 0 rings (SSSR count). The number of allylic oxidation sites excluding steroid dienone is 1. The summed E-state index contributed by atoms with van der Waals surface area (Å²) in [4.78, 5) is 0. The quantitative estimate of drug-likeness (QED) is 0.588. The lowest BCUT2D eigenvalue weighted by Crippen LogP contribution is -2.14. The van der Waals surface area contributed by atoms with E-state index in [0.717, 1.165) is 12.2 Å². The fourth-order valence-corrected chi connectivity index (χ4v) is 0.431. The summed E-state index contributed by atoms with van der Waals surface area (Å²) in [6.07, 6.45) is 0. The second-order valence-corrected chi connectivity index (χ2v) is 2.21. The zero-order valence-corrected chi connectivity index (χ0v) is 5.99. The summed E-state index contributed by atoms with van der Waals surface area (Å²) in [5.41, 5.74) is 1.13. The van der Waals surface area contributed by atoms with Crippen molar-refractivity contribution in [3.63, 3.8) is 0 Å². The Morgan fingerprint density at radius 2 is 2.12 bits per heavy atom. The van der Waals surface area contributed by atoms with Crippen molar-refractivity contribution in [3.05, 3.63) is 12.3 Å². The van der Waals surface area contributed by atoms with Gasteiger partial charge in [0.25, 0.3) is 0 Å². The van der Waals surface area contributed by atoms with Gasteiger partial charge in [-0.25, -0.2) is 0 Å². The molecule has 0 aromatic rings. The number of hydrogen-bond donors (Lipinski definition) is 1. The van der Waals surface area contributed by atoms with Crippen LogP contribution in [0.2, 0.25) is 0 Å². The Hall–Kier alpha value is -0.460. The molecule has 0 saturated carbocycles. The second kappa shape index (κ2) is 3.53. The highest BCUT2D eigenvalue weighted by atomic mass is 14.9. The minimum atomic E-state index is 0.565. The van der Waals surface area contributed by atoms with Gasteiger partial charge in [0, 0.05) is 12.2 Å². The van der Waals surface area contributed by atoms with Crippen molar-refractivity contribution in [1.29, 1.82) is 0 Å². The molecule has 8 heavy (non-hydrogen) atoms. The molecule has 48 valence electrons. The van der Waals surface area contributed by atoms with Crippen LogP contribution in [-0.4, -0.2) is 6.54 Å². The summed E-state index contributed by atoms with van der Waals surface area (Å²) in [5, 5.41) is 3.15. The Morgan fingerprint density at radius 3 is 2.25 bits per heavy atom. The molecule has 0 aliphatic rings. The van der Waals surface area contributed by atoms with E-state index in [1.807, 2.05) is 0 Å². The first-order valence-electron chi connectivity index (χ1n) is 3.11. The molecule has 0 heterocycles. The maximum atomic E-state index is 3.83. The highest BCUT2D eigenvalue weighted by molar-refractivity contribution is 4.93. The van der Waals surface area contributed by atoms with E-state index in [-0.39, 0.29) is 0 Å². The Morgan fingerprint density at radius 1 is 1.62 bits per heavy atom. The van der Waals surface area contributed by atoms with Gasteiger partial charge < -0.3 is 5.32 Å². The van der Waals surface area contributed by atoms with Gasteiger partial charge in [-0.05, 0) is 12.8 Å². The fourth-order valence-electron chi connectivity index (χ4n) is 0.431. The minimum Gasteiger partial charge on any atom is -0.389 e. The monoisotopic (exact) mass is 113 g/mol. The molecule has 0 aromatic carbocycles. The van der Waals surface area contributed by atoms with Gasteiger partial charge in [-0.1, -0.05) is 20.4 Å². The molecule has 0 radical (unpaired) electrons. The Kier molecular flexibility index (Phi) is 3.33. The van der Waals surface area contributed by atoms with Crippen molar-refractivity contribution >= 4 is 0 Å². The summed E-state index contributed by atoms with van der Waals surface area (Å²) < 4.78 is 0. The van der Waals surface area contributed by atoms with E-state index in [4.69, 9.17) is 0 Å². The van der Waals surface area contributed by atoms with Gasteiger partial charge in [0.2, 0.25) is 0 Å². The van der Waals surface area contributed by atoms with Gasteiger partial charge in [-0.3, -0.25) is 0 Å². The van der Waals surface area contributed by atoms with Gasteiger partial charge in [0.1, 0.15) is 0 Å². The molecule has 0 spiro atoms. The van der Waals surface area contributed by atoms with Crippen molar-refractivity contribution in [1.82, 2.24) is 5.32 Å². The summed E-state index contributed by atoms with van der Waals surface area (Å²) in [7, 11) is 0. The summed E-state index contributed by atoms with van der Waals surface area (Å²) in [5.74, 6) is 0.565. The van der Waals surface area contributed by atoms with Crippen molar-refractivity contribution in [2.24, 2.45) is 5.92 Å². The van der Waals surface area contributed by atoms with Crippen molar-refractivity contribution in [2.45, 2.75) is 20.8 Å². The van der Waals surface area contributed by atoms with Crippen LogP contribution >= 0.6 is 0 Å². The lowest BCUT2D eigenvalue weighted by atomic mass is 10.2. The standard InChI is InChI=1S/C7H15N/c1-5-8-7(4)6(2)3/h6,8H,4-5H2,1-3H3. The predicted octanol–water partition coefficient (Wildman–Crippen LogP) is 1.77. The summed E-state index contributed by atoms with van der Waals surface area (Å²) >= 11 is 0. The molecule has 1 nitrogen and oxygen atoms in total. The van der Waals surface area contributed by atoms with Crippen LogP contribution < -0.4 is 5.32 Å². The van der Waals surface area contributed by atoms with Crippen LogP contribution in [0.3, 0.4) is 0 Å². The number of hydrogen-bond acceptors (Lipinski definition) is 1. The van der Waals surface area contributed by atoms with E-state index < -0.39 is 0 Å². The molecule has 1 N–H and O–H groups in total. The van der Waals surface area contributed by atoms with Gasteiger partial charge in [-0.2, -0.15) is 0 Å². The lowest BCUT2D eigenvalue weighted by molar-refractivity contribution is 0.672. The first-order chi connectivity index (χ1) is 3.68. The molecule has 0 amide bonds. The van der Waals surface area contributed by atoms with E-state index in [1.165, 1.54) is 0 Å². The zero-order valence-electron chi connectivity index (χ0n) is 5.99.